The van der Waals surface area contributed by atoms with E-state index in [0.717, 1.165) is 45.4 Å². The van der Waals surface area contributed by atoms with E-state index in [0.29, 0.717) is 5.91 Å². The summed E-state index contributed by atoms with van der Waals surface area (Å²) >= 11 is 0. The minimum atomic E-state index is 0.172. The first-order valence-corrected chi connectivity index (χ1v) is 7.91. The Kier molecular flexibility index (Phi) is 3.19. The van der Waals surface area contributed by atoms with Crippen molar-refractivity contribution in [3.05, 3.63) is 35.5 Å². The predicted octanol–water partition coefficient (Wildman–Crippen LogP) is 2.05. The molecule has 0 aliphatic carbocycles. The summed E-state index contributed by atoms with van der Waals surface area (Å²) in [4.78, 5) is 18.3. The molecule has 1 atom stereocenters. The second kappa shape index (κ2) is 5.19. The van der Waals surface area contributed by atoms with Crippen LogP contribution in [0.2, 0.25) is 0 Å². The van der Waals surface area contributed by atoms with Crippen molar-refractivity contribution in [3.63, 3.8) is 0 Å². The summed E-state index contributed by atoms with van der Waals surface area (Å²) in [6.07, 6.45) is 3.08. The number of H-pyrrole nitrogens is 1. The van der Waals surface area contributed by atoms with E-state index in [1.807, 2.05) is 0 Å². The Morgan fingerprint density at radius 2 is 2.19 bits per heavy atom. The van der Waals surface area contributed by atoms with Gasteiger partial charge in [-0.3, -0.25) is 4.79 Å². The van der Waals surface area contributed by atoms with Gasteiger partial charge in [0.1, 0.15) is 0 Å². The number of nitrogens with one attached hydrogen (secondary N) is 2. The first-order chi connectivity index (χ1) is 10.3. The summed E-state index contributed by atoms with van der Waals surface area (Å²) in [5.41, 5.74) is 3.81. The van der Waals surface area contributed by atoms with Crippen LogP contribution in [0.25, 0.3) is 10.9 Å². The zero-order valence-corrected chi connectivity index (χ0v) is 12.2. The first-order valence-electron chi connectivity index (χ1n) is 7.91. The van der Waals surface area contributed by atoms with Crippen LogP contribution in [0.15, 0.2) is 24.3 Å². The summed E-state index contributed by atoms with van der Waals surface area (Å²) in [6, 6.07) is 8.40. The Balaban J connectivity index is 1.59. The fourth-order valence-electron chi connectivity index (χ4n) is 3.68. The summed E-state index contributed by atoms with van der Waals surface area (Å²) in [6.45, 7) is 3.50. The van der Waals surface area contributed by atoms with Crippen LogP contribution < -0.4 is 5.32 Å². The third kappa shape index (κ3) is 2.23. The van der Waals surface area contributed by atoms with E-state index in [1.54, 1.807) is 0 Å². The van der Waals surface area contributed by atoms with Gasteiger partial charge in [0.15, 0.2) is 0 Å². The van der Waals surface area contributed by atoms with Crippen molar-refractivity contribution in [3.8, 4) is 0 Å². The average molecular weight is 283 g/mol. The molecule has 21 heavy (non-hydrogen) atoms. The van der Waals surface area contributed by atoms with E-state index < -0.39 is 0 Å². The number of para-hydroxylation sites is 1. The van der Waals surface area contributed by atoms with Gasteiger partial charge in [0.25, 0.3) is 0 Å². The number of aromatic nitrogens is 1. The van der Waals surface area contributed by atoms with Crippen molar-refractivity contribution < 1.29 is 4.79 Å². The highest BCUT2D eigenvalue weighted by Crippen LogP contribution is 2.28. The van der Waals surface area contributed by atoms with Crippen LogP contribution >= 0.6 is 0 Å². The fraction of sp³-hybridized carbons (Fsp3) is 0.471. The molecule has 0 spiro atoms. The number of fused-ring (bicyclic) bond motifs is 3. The molecule has 4 rings (SSSR count). The average Bonchev–Trinajstić information content (AvgIpc) is 2.93. The standard InChI is InChI=1S/C17H21N3O/c21-17(12-4-3-8-18-10-12)20-9-7-16-14(11-20)13-5-1-2-6-15(13)19-16/h1-2,5-6,12,18-19H,3-4,7-11H2. The fourth-order valence-corrected chi connectivity index (χ4v) is 3.68. The SMILES string of the molecule is O=C(C1CCCNC1)N1CCc2[nH]c3ccccc3c2C1. The largest absolute Gasteiger partial charge is 0.358 e. The lowest BCUT2D eigenvalue weighted by molar-refractivity contribution is -0.137. The van der Waals surface area contributed by atoms with E-state index in [2.05, 4.69) is 39.5 Å². The number of aromatic amines is 1. The molecular formula is C17H21N3O. The molecule has 1 saturated heterocycles. The van der Waals surface area contributed by atoms with Gasteiger partial charge in [-0.2, -0.15) is 0 Å². The lowest BCUT2D eigenvalue weighted by Crippen LogP contribution is -2.44. The van der Waals surface area contributed by atoms with Crippen molar-refractivity contribution in [2.24, 2.45) is 5.92 Å². The quantitative estimate of drug-likeness (QED) is 0.841. The number of rotatable bonds is 1. The Morgan fingerprint density at radius 1 is 1.29 bits per heavy atom. The number of benzene rings is 1. The minimum Gasteiger partial charge on any atom is -0.358 e. The number of carbonyl (C=O) groups excluding carboxylic acids is 1. The van der Waals surface area contributed by atoms with Crippen LogP contribution in [-0.2, 0) is 17.8 Å². The normalized spacial score (nSPS) is 22.3. The highest BCUT2D eigenvalue weighted by Gasteiger charge is 2.29. The smallest absolute Gasteiger partial charge is 0.227 e. The molecular weight excluding hydrogens is 262 g/mol. The van der Waals surface area contributed by atoms with Crippen LogP contribution in [0.5, 0.6) is 0 Å². The molecule has 4 heteroatoms. The lowest BCUT2D eigenvalue weighted by atomic mass is 9.96. The molecule has 2 aliphatic rings. The zero-order chi connectivity index (χ0) is 14.2. The third-order valence-electron chi connectivity index (χ3n) is 4.84. The monoisotopic (exact) mass is 283 g/mol. The highest BCUT2D eigenvalue weighted by molar-refractivity contribution is 5.86. The second-order valence-electron chi connectivity index (χ2n) is 6.18. The molecule has 3 heterocycles. The second-order valence-corrected chi connectivity index (χ2v) is 6.18. The maximum Gasteiger partial charge on any atom is 0.227 e. The molecule has 0 saturated carbocycles. The van der Waals surface area contributed by atoms with Gasteiger partial charge in [-0.1, -0.05) is 18.2 Å². The molecule has 1 unspecified atom stereocenters. The van der Waals surface area contributed by atoms with Crippen LogP contribution in [0.1, 0.15) is 24.1 Å². The number of hydrogen-bond acceptors (Lipinski definition) is 2. The van der Waals surface area contributed by atoms with Crippen molar-refractivity contribution in [1.29, 1.82) is 0 Å². The van der Waals surface area contributed by atoms with Crippen LogP contribution in [0.3, 0.4) is 0 Å². The van der Waals surface area contributed by atoms with Gasteiger partial charge in [0.2, 0.25) is 5.91 Å². The summed E-state index contributed by atoms with van der Waals surface area (Å²) in [7, 11) is 0. The molecule has 1 aromatic heterocycles. The van der Waals surface area contributed by atoms with Gasteiger partial charge in [-0.15, -0.1) is 0 Å². The van der Waals surface area contributed by atoms with Crippen LogP contribution in [0.4, 0.5) is 0 Å². The third-order valence-corrected chi connectivity index (χ3v) is 4.84. The van der Waals surface area contributed by atoms with Crippen molar-refractivity contribution in [2.75, 3.05) is 19.6 Å². The van der Waals surface area contributed by atoms with Crippen molar-refractivity contribution in [2.45, 2.75) is 25.8 Å². The van der Waals surface area contributed by atoms with Gasteiger partial charge in [0, 0.05) is 48.2 Å². The highest BCUT2D eigenvalue weighted by atomic mass is 16.2. The van der Waals surface area contributed by atoms with Crippen molar-refractivity contribution >= 4 is 16.8 Å². The number of nitrogens with zero attached hydrogens (tertiary/aromatic N) is 1. The first kappa shape index (κ1) is 12.9. The minimum absolute atomic E-state index is 0.172. The molecule has 2 N–H and O–H groups in total. The maximum absolute atomic E-state index is 12.7. The van der Waals surface area contributed by atoms with Gasteiger partial charge >= 0.3 is 0 Å². The molecule has 110 valence electrons. The van der Waals surface area contributed by atoms with Crippen LogP contribution in [-0.4, -0.2) is 35.4 Å². The van der Waals surface area contributed by atoms with Gasteiger partial charge in [-0.05, 0) is 25.5 Å². The number of piperidine rings is 1. The molecule has 2 aromatic rings. The van der Waals surface area contributed by atoms with Crippen LogP contribution in [0, 0.1) is 5.92 Å². The zero-order valence-electron chi connectivity index (χ0n) is 12.2. The predicted molar refractivity (Wildman–Crippen MR) is 83.0 cm³/mol. The maximum atomic E-state index is 12.7. The molecule has 0 bridgehead atoms. The molecule has 1 amide bonds. The van der Waals surface area contributed by atoms with E-state index in [-0.39, 0.29) is 5.92 Å². The van der Waals surface area contributed by atoms with Gasteiger partial charge in [0.05, 0.1) is 5.92 Å². The summed E-state index contributed by atoms with van der Waals surface area (Å²) in [5.74, 6) is 0.503. The van der Waals surface area contributed by atoms with Gasteiger partial charge in [-0.25, -0.2) is 0 Å². The number of amides is 1. The van der Waals surface area contributed by atoms with E-state index in [4.69, 9.17) is 0 Å². The van der Waals surface area contributed by atoms with E-state index in [9.17, 15) is 4.79 Å². The Hall–Kier alpha value is -1.81. The Morgan fingerprint density at radius 3 is 3.05 bits per heavy atom. The Bertz CT molecular complexity index is 670. The number of hydrogen-bond donors (Lipinski definition) is 2. The molecule has 0 radical (unpaired) electrons. The Labute approximate surface area is 124 Å². The molecule has 1 aromatic carbocycles. The summed E-state index contributed by atoms with van der Waals surface area (Å²) < 4.78 is 0. The number of carbonyl (C=O) groups is 1. The van der Waals surface area contributed by atoms with Gasteiger partial charge < -0.3 is 15.2 Å². The van der Waals surface area contributed by atoms with E-state index in [1.165, 1.54) is 22.2 Å². The molecule has 1 fully saturated rings. The van der Waals surface area contributed by atoms with E-state index >= 15 is 0 Å². The van der Waals surface area contributed by atoms with Crippen molar-refractivity contribution in [1.82, 2.24) is 15.2 Å². The lowest BCUT2D eigenvalue weighted by Gasteiger charge is -2.32. The molecule has 4 nitrogen and oxygen atoms in total. The topological polar surface area (TPSA) is 48.1 Å². The molecule has 2 aliphatic heterocycles. The summed E-state index contributed by atoms with van der Waals surface area (Å²) in [5, 5.41) is 4.62.